The molecule has 1 saturated heterocycles. The summed E-state index contributed by atoms with van der Waals surface area (Å²) in [6.07, 6.45) is 1.04. The van der Waals surface area contributed by atoms with Crippen LogP contribution in [-0.4, -0.2) is 41.7 Å². The van der Waals surface area contributed by atoms with Gasteiger partial charge in [-0.3, -0.25) is 0 Å². The largest absolute Gasteiger partial charge is 0.462 e. The maximum atomic E-state index is 12.3. The van der Waals surface area contributed by atoms with Gasteiger partial charge >= 0.3 is 5.97 Å². The summed E-state index contributed by atoms with van der Waals surface area (Å²) in [7, 11) is 0. The first kappa shape index (κ1) is 18.7. The number of thiophene rings is 1. The maximum absolute atomic E-state index is 12.3. The Kier molecular flexibility index (Phi) is 5.17. The van der Waals surface area contributed by atoms with Gasteiger partial charge in [-0.1, -0.05) is 18.2 Å². The average molecular weight is 397 g/mol. The third-order valence-corrected chi connectivity index (χ3v) is 6.14. The zero-order valence-corrected chi connectivity index (χ0v) is 17.2. The highest BCUT2D eigenvalue weighted by Gasteiger charge is 2.28. The average Bonchev–Trinajstić information content (AvgIpc) is 3.27. The van der Waals surface area contributed by atoms with E-state index in [1.165, 1.54) is 11.3 Å². The van der Waals surface area contributed by atoms with E-state index in [0.29, 0.717) is 17.5 Å². The van der Waals surface area contributed by atoms with Crippen LogP contribution in [0.3, 0.4) is 0 Å². The molecule has 1 N–H and O–H groups in total. The topological polar surface area (TPSA) is 67.3 Å². The molecule has 1 aliphatic heterocycles. The Morgan fingerprint density at radius 2 is 2.07 bits per heavy atom. The van der Waals surface area contributed by atoms with Gasteiger partial charge in [0, 0.05) is 24.8 Å². The summed E-state index contributed by atoms with van der Waals surface area (Å²) in [6.45, 7) is 7.83. The summed E-state index contributed by atoms with van der Waals surface area (Å²) in [4.78, 5) is 25.4. The molecule has 3 aromatic rings. The third kappa shape index (κ3) is 3.54. The molecule has 0 unspecified atom stereocenters. The summed E-state index contributed by atoms with van der Waals surface area (Å²) in [5, 5.41) is 4.57. The van der Waals surface area contributed by atoms with Crippen molar-refractivity contribution in [2.75, 3.05) is 29.9 Å². The Labute approximate surface area is 168 Å². The van der Waals surface area contributed by atoms with Crippen molar-refractivity contribution in [1.29, 1.82) is 0 Å². The Morgan fingerprint density at radius 3 is 2.82 bits per heavy atom. The summed E-state index contributed by atoms with van der Waals surface area (Å²) < 4.78 is 5.22. The van der Waals surface area contributed by atoms with Crippen LogP contribution in [0.25, 0.3) is 10.2 Å². The number of esters is 1. The molecule has 7 heteroatoms. The second-order valence-corrected chi connectivity index (χ2v) is 7.99. The number of ether oxygens (including phenoxy) is 1. The molecule has 0 aliphatic carbocycles. The second kappa shape index (κ2) is 7.75. The monoisotopic (exact) mass is 396 g/mol. The number of rotatable bonds is 5. The van der Waals surface area contributed by atoms with Gasteiger partial charge in [-0.15, -0.1) is 11.3 Å². The molecule has 146 valence electrons. The minimum absolute atomic E-state index is 0.281. The van der Waals surface area contributed by atoms with Gasteiger partial charge in [-0.05, 0) is 44.9 Å². The van der Waals surface area contributed by atoms with E-state index in [0.717, 1.165) is 52.6 Å². The summed E-state index contributed by atoms with van der Waals surface area (Å²) in [5.74, 6) is 1.36. The number of anilines is 2. The van der Waals surface area contributed by atoms with E-state index in [1.54, 1.807) is 0 Å². The Balaban J connectivity index is 1.64. The van der Waals surface area contributed by atoms with Gasteiger partial charge < -0.3 is 15.0 Å². The number of aryl methyl sites for hydroxylation is 2. The van der Waals surface area contributed by atoms with Gasteiger partial charge in [-0.2, -0.15) is 0 Å². The molecule has 4 rings (SSSR count). The fourth-order valence-corrected chi connectivity index (χ4v) is 4.80. The fraction of sp³-hybridized carbons (Fsp3) is 0.381. The molecule has 1 aromatic carbocycles. The molecular formula is C21H24N4O2S. The molecule has 0 spiro atoms. The smallest absolute Gasteiger partial charge is 0.348 e. The highest BCUT2D eigenvalue weighted by Crippen LogP contribution is 2.37. The van der Waals surface area contributed by atoms with E-state index in [9.17, 15) is 4.79 Å². The van der Waals surface area contributed by atoms with Crippen molar-refractivity contribution in [3.05, 3.63) is 46.6 Å². The number of nitrogens with one attached hydrogen (secondary N) is 1. The van der Waals surface area contributed by atoms with Crippen molar-refractivity contribution in [3.8, 4) is 0 Å². The van der Waals surface area contributed by atoms with Crippen LogP contribution in [0.4, 0.5) is 11.5 Å². The van der Waals surface area contributed by atoms with Crippen LogP contribution in [0, 0.1) is 13.8 Å². The highest BCUT2D eigenvalue weighted by molar-refractivity contribution is 7.20. The maximum Gasteiger partial charge on any atom is 0.348 e. The van der Waals surface area contributed by atoms with Crippen molar-refractivity contribution in [2.24, 2.45) is 0 Å². The van der Waals surface area contributed by atoms with Crippen LogP contribution in [0.5, 0.6) is 0 Å². The van der Waals surface area contributed by atoms with Crippen LogP contribution in [0.15, 0.2) is 30.3 Å². The molecule has 1 aliphatic rings. The van der Waals surface area contributed by atoms with Crippen LogP contribution in [-0.2, 0) is 4.74 Å². The van der Waals surface area contributed by atoms with Gasteiger partial charge in [0.1, 0.15) is 21.3 Å². The molecule has 0 amide bonds. The number of aromatic nitrogens is 2. The molecule has 1 fully saturated rings. The minimum Gasteiger partial charge on any atom is -0.462 e. The number of benzene rings is 1. The standard InChI is InChI=1S/C21H24N4O2S/c1-4-27-21(26)18-13(2)17-19(22-14(3)23-20(17)28-18)25-11-10-16(12-25)24-15-8-6-5-7-9-15/h5-9,16,24H,4,10-12H2,1-3H3/t16-/m1/s1. The fourth-order valence-electron chi connectivity index (χ4n) is 3.68. The van der Waals surface area contributed by atoms with Crippen LogP contribution in [0.1, 0.15) is 34.4 Å². The lowest BCUT2D eigenvalue weighted by Crippen LogP contribution is -2.27. The lowest BCUT2D eigenvalue weighted by Gasteiger charge is -2.20. The summed E-state index contributed by atoms with van der Waals surface area (Å²) in [5.41, 5.74) is 2.04. The zero-order chi connectivity index (χ0) is 19.7. The van der Waals surface area contributed by atoms with Crippen molar-refractivity contribution < 1.29 is 9.53 Å². The van der Waals surface area contributed by atoms with Crippen molar-refractivity contribution >= 4 is 39.0 Å². The van der Waals surface area contributed by atoms with Gasteiger partial charge in [0.05, 0.1) is 12.0 Å². The Morgan fingerprint density at radius 1 is 1.29 bits per heavy atom. The third-order valence-electron chi connectivity index (χ3n) is 4.98. The summed E-state index contributed by atoms with van der Waals surface area (Å²) >= 11 is 1.39. The molecule has 28 heavy (non-hydrogen) atoms. The lowest BCUT2D eigenvalue weighted by atomic mass is 10.2. The number of fused-ring (bicyclic) bond motifs is 1. The van der Waals surface area contributed by atoms with E-state index in [-0.39, 0.29) is 5.97 Å². The number of carbonyl (C=O) groups is 1. The van der Waals surface area contributed by atoms with Crippen LogP contribution in [0.2, 0.25) is 0 Å². The second-order valence-electron chi connectivity index (χ2n) is 6.99. The molecule has 0 bridgehead atoms. The lowest BCUT2D eigenvalue weighted by molar-refractivity contribution is 0.0531. The Hall–Kier alpha value is -2.67. The molecule has 0 saturated carbocycles. The molecule has 3 heterocycles. The van der Waals surface area contributed by atoms with Gasteiger partial charge in [0.25, 0.3) is 0 Å². The first-order valence-electron chi connectivity index (χ1n) is 9.58. The number of hydrogen-bond acceptors (Lipinski definition) is 7. The van der Waals surface area contributed by atoms with Crippen molar-refractivity contribution in [1.82, 2.24) is 9.97 Å². The van der Waals surface area contributed by atoms with E-state index < -0.39 is 0 Å². The first-order chi connectivity index (χ1) is 13.6. The van der Waals surface area contributed by atoms with Gasteiger partial charge in [0.2, 0.25) is 0 Å². The van der Waals surface area contributed by atoms with Gasteiger partial charge in [0.15, 0.2) is 0 Å². The SMILES string of the molecule is CCOC(=O)c1sc2nc(C)nc(N3CC[C@@H](Nc4ccccc4)C3)c2c1C. The zero-order valence-electron chi connectivity index (χ0n) is 16.4. The minimum atomic E-state index is -0.281. The normalized spacial score (nSPS) is 16.5. The van der Waals surface area contributed by atoms with Gasteiger partial charge in [-0.25, -0.2) is 14.8 Å². The van der Waals surface area contributed by atoms with E-state index in [4.69, 9.17) is 9.72 Å². The van der Waals surface area contributed by atoms with E-state index in [2.05, 4.69) is 27.3 Å². The predicted octanol–water partition coefficient (Wildman–Crippen LogP) is 4.18. The number of para-hydroxylation sites is 1. The molecule has 0 radical (unpaired) electrons. The summed E-state index contributed by atoms with van der Waals surface area (Å²) in [6, 6.07) is 10.6. The molecule has 2 aromatic heterocycles. The first-order valence-corrected chi connectivity index (χ1v) is 10.4. The van der Waals surface area contributed by atoms with Crippen LogP contribution < -0.4 is 10.2 Å². The van der Waals surface area contributed by atoms with Crippen molar-refractivity contribution in [3.63, 3.8) is 0 Å². The number of carbonyl (C=O) groups excluding carboxylic acids is 1. The molecule has 1 atom stereocenters. The Bertz CT molecular complexity index is 1000. The molecule has 6 nitrogen and oxygen atoms in total. The molecular weight excluding hydrogens is 372 g/mol. The quantitative estimate of drug-likeness (QED) is 0.653. The predicted molar refractivity (Wildman–Crippen MR) is 114 cm³/mol. The van der Waals surface area contributed by atoms with E-state index >= 15 is 0 Å². The number of nitrogens with zero attached hydrogens (tertiary/aromatic N) is 3. The van der Waals surface area contributed by atoms with Crippen molar-refractivity contribution in [2.45, 2.75) is 33.2 Å². The highest BCUT2D eigenvalue weighted by atomic mass is 32.1. The van der Waals surface area contributed by atoms with E-state index in [1.807, 2.05) is 39.0 Å². The van der Waals surface area contributed by atoms with Crippen LogP contribution >= 0.6 is 11.3 Å². The number of hydrogen-bond donors (Lipinski definition) is 1.